The summed E-state index contributed by atoms with van der Waals surface area (Å²) in [6.07, 6.45) is 0. The zero-order chi connectivity index (χ0) is 30.2. The van der Waals surface area contributed by atoms with Gasteiger partial charge in [0.1, 0.15) is 5.69 Å². The molecule has 1 aromatic heterocycles. The van der Waals surface area contributed by atoms with Crippen molar-refractivity contribution in [2.45, 2.75) is 0 Å². The minimum atomic E-state index is 0.807. The normalized spacial score (nSPS) is 12.7. The van der Waals surface area contributed by atoms with Gasteiger partial charge in [-0.25, -0.2) is 9.97 Å². The fraction of sp³-hybridized carbons (Fsp3) is 0. The molecule has 3 heterocycles. The number of benzene rings is 7. The van der Waals surface area contributed by atoms with Gasteiger partial charge in [0, 0.05) is 22.1 Å². The molecule has 0 unspecified atom stereocenters. The van der Waals surface area contributed by atoms with E-state index in [2.05, 4.69) is 143 Å². The molecule has 10 rings (SSSR count). The molecule has 0 N–H and O–H groups in total. The summed E-state index contributed by atoms with van der Waals surface area (Å²) in [5.41, 5.74) is 14.0. The zero-order valence-electron chi connectivity index (χ0n) is 24.8. The van der Waals surface area contributed by atoms with Gasteiger partial charge >= 0.3 is 0 Å². The molecule has 0 fully saturated rings. The van der Waals surface area contributed by atoms with Crippen molar-refractivity contribution in [1.82, 2.24) is 9.97 Å². The second-order valence-corrected chi connectivity index (χ2v) is 11.8. The lowest BCUT2D eigenvalue weighted by atomic mass is 9.93. The van der Waals surface area contributed by atoms with E-state index in [-0.39, 0.29) is 0 Å². The second-order valence-electron chi connectivity index (χ2n) is 11.8. The number of hydrogen-bond acceptors (Lipinski definition) is 4. The van der Waals surface area contributed by atoms with Crippen LogP contribution in [0.4, 0.5) is 34.3 Å². The molecular weight excluding hydrogens is 560 g/mol. The molecule has 2 aliphatic heterocycles. The topological polar surface area (TPSA) is 32.3 Å². The smallest absolute Gasteiger partial charge is 0.165 e. The van der Waals surface area contributed by atoms with Crippen LogP contribution in [0.5, 0.6) is 0 Å². The van der Waals surface area contributed by atoms with E-state index >= 15 is 0 Å². The van der Waals surface area contributed by atoms with Crippen LogP contribution in [0.25, 0.3) is 55.3 Å². The molecule has 2 aliphatic rings. The minimum Gasteiger partial charge on any atom is -0.305 e. The van der Waals surface area contributed by atoms with Gasteiger partial charge in [0.15, 0.2) is 5.82 Å². The zero-order valence-corrected chi connectivity index (χ0v) is 24.8. The van der Waals surface area contributed by atoms with Crippen LogP contribution in [-0.4, -0.2) is 9.97 Å². The summed E-state index contributed by atoms with van der Waals surface area (Å²) in [5, 5.41) is 2.33. The van der Waals surface area contributed by atoms with Crippen molar-refractivity contribution in [3.05, 3.63) is 158 Å². The van der Waals surface area contributed by atoms with Crippen molar-refractivity contribution in [2.75, 3.05) is 9.80 Å². The molecule has 214 valence electrons. The number of fused-ring (bicyclic) bond motifs is 10. The first kappa shape index (κ1) is 25.1. The molecule has 4 nitrogen and oxygen atoms in total. The average Bonchev–Trinajstić information content (AvgIpc) is 3.25. The van der Waals surface area contributed by atoms with E-state index in [0.29, 0.717) is 0 Å². The Kier molecular flexibility index (Phi) is 5.25. The summed E-state index contributed by atoms with van der Waals surface area (Å²) in [6, 6.07) is 56.0. The van der Waals surface area contributed by atoms with Crippen molar-refractivity contribution in [3.8, 4) is 33.5 Å². The third-order valence-corrected chi connectivity index (χ3v) is 9.29. The lowest BCUT2D eigenvalue weighted by Crippen LogP contribution is -2.26. The monoisotopic (exact) mass is 586 g/mol. The number of rotatable bonds is 2. The summed E-state index contributed by atoms with van der Waals surface area (Å²) in [6.45, 7) is 0. The van der Waals surface area contributed by atoms with Crippen LogP contribution >= 0.6 is 0 Å². The van der Waals surface area contributed by atoms with Gasteiger partial charge in [-0.3, -0.25) is 4.90 Å². The molecule has 0 amide bonds. The molecule has 0 saturated carbocycles. The predicted octanol–water partition coefficient (Wildman–Crippen LogP) is 11.4. The molecule has 0 bridgehead atoms. The summed E-state index contributed by atoms with van der Waals surface area (Å²) in [4.78, 5) is 15.6. The predicted molar refractivity (Wildman–Crippen MR) is 190 cm³/mol. The van der Waals surface area contributed by atoms with Crippen LogP contribution in [0.2, 0.25) is 0 Å². The SMILES string of the molecule is c1ccc(-c2nc3ccccc3nc2N2c3cccc4c3N(c3ccccc3-c3ccccc3-4)c3ccc4ccccc4c32)cc1. The molecule has 46 heavy (non-hydrogen) atoms. The van der Waals surface area contributed by atoms with Gasteiger partial charge in [-0.15, -0.1) is 0 Å². The van der Waals surface area contributed by atoms with Gasteiger partial charge < -0.3 is 4.90 Å². The van der Waals surface area contributed by atoms with E-state index in [1.807, 2.05) is 24.3 Å². The number of aromatic nitrogens is 2. The van der Waals surface area contributed by atoms with Crippen LogP contribution in [0, 0.1) is 0 Å². The highest BCUT2D eigenvalue weighted by atomic mass is 15.3. The van der Waals surface area contributed by atoms with Gasteiger partial charge in [0.25, 0.3) is 0 Å². The third kappa shape index (κ3) is 3.49. The largest absolute Gasteiger partial charge is 0.305 e. The van der Waals surface area contributed by atoms with Crippen molar-refractivity contribution in [2.24, 2.45) is 0 Å². The quantitative estimate of drug-likeness (QED) is 0.202. The van der Waals surface area contributed by atoms with Gasteiger partial charge in [-0.05, 0) is 46.8 Å². The Balaban J connectivity index is 1.40. The van der Waals surface area contributed by atoms with E-state index in [0.717, 1.165) is 61.9 Å². The van der Waals surface area contributed by atoms with E-state index < -0.39 is 0 Å². The number of nitrogens with zero attached hydrogens (tertiary/aromatic N) is 4. The van der Waals surface area contributed by atoms with Gasteiger partial charge in [-0.2, -0.15) is 0 Å². The van der Waals surface area contributed by atoms with E-state index in [4.69, 9.17) is 9.97 Å². The molecule has 0 spiro atoms. The highest BCUT2D eigenvalue weighted by Gasteiger charge is 2.38. The summed E-state index contributed by atoms with van der Waals surface area (Å²) >= 11 is 0. The van der Waals surface area contributed by atoms with Crippen LogP contribution in [0.3, 0.4) is 0 Å². The molecule has 4 heteroatoms. The van der Waals surface area contributed by atoms with E-state index in [1.165, 1.54) is 27.6 Å². The number of hydrogen-bond donors (Lipinski definition) is 0. The van der Waals surface area contributed by atoms with Crippen molar-refractivity contribution in [1.29, 1.82) is 0 Å². The molecule has 7 aromatic carbocycles. The first-order valence-electron chi connectivity index (χ1n) is 15.6. The second kappa shape index (κ2) is 9.62. The van der Waals surface area contributed by atoms with Crippen LogP contribution in [0.15, 0.2) is 158 Å². The maximum absolute atomic E-state index is 5.44. The fourth-order valence-corrected chi connectivity index (χ4v) is 7.32. The van der Waals surface area contributed by atoms with Crippen LogP contribution < -0.4 is 9.80 Å². The average molecular weight is 587 g/mol. The molecule has 8 aromatic rings. The third-order valence-electron chi connectivity index (χ3n) is 9.29. The maximum atomic E-state index is 5.44. The summed E-state index contributed by atoms with van der Waals surface area (Å²) in [5.74, 6) is 0.807. The van der Waals surface area contributed by atoms with E-state index in [1.54, 1.807) is 0 Å². The number of para-hydroxylation sites is 4. The standard InChI is InChI=1S/C42H26N4/c1-2-14-28(15-3-1)39-42(44-35-22-10-9-21-34(35)43-39)46-37-24-12-20-33-31-18-7-6-17-30(31)32-19-8-11-23-36(32)45(41(33)37)38-26-25-27-13-4-5-16-29(27)40(38)46/h1-26H. The molecule has 0 atom stereocenters. The Morgan fingerprint density at radius 1 is 0.370 bits per heavy atom. The Morgan fingerprint density at radius 2 is 0.978 bits per heavy atom. The summed E-state index contributed by atoms with van der Waals surface area (Å²) in [7, 11) is 0. The van der Waals surface area contributed by atoms with Gasteiger partial charge in [0.2, 0.25) is 0 Å². The molecule has 0 saturated heterocycles. The Labute approximate surface area is 266 Å². The summed E-state index contributed by atoms with van der Waals surface area (Å²) < 4.78 is 0. The highest BCUT2D eigenvalue weighted by molar-refractivity contribution is 6.17. The Bertz CT molecular complexity index is 2500. The lowest BCUT2D eigenvalue weighted by Gasteiger charge is -2.41. The Morgan fingerprint density at radius 3 is 1.83 bits per heavy atom. The first-order valence-corrected chi connectivity index (χ1v) is 15.6. The van der Waals surface area contributed by atoms with Crippen LogP contribution in [-0.2, 0) is 0 Å². The van der Waals surface area contributed by atoms with Crippen LogP contribution in [0.1, 0.15) is 0 Å². The van der Waals surface area contributed by atoms with Crippen molar-refractivity contribution in [3.63, 3.8) is 0 Å². The lowest BCUT2D eigenvalue weighted by molar-refractivity contribution is 1.13. The molecular formula is C42H26N4. The Hall–Kier alpha value is -6.26. The highest BCUT2D eigenvalue weighted by Crippen LogP contribution is 2.62. The fourth-order valence-electron chi connectivity index (χ4n) is 7.32. The minimum absolute atomic E-state index is 0.807. The van der Waals surface area contributed by atoms with Gasteiger partial charge in [0.05, 0.1) is 39.5 Å². The molecule has 0 aliphatic carbocycles. The molecule has 0 radical (unpaired) electrons. The number of anilines is 6. The first-order chi connectivity index (χ1) is 22.8. The maximum Gasteiger partial charge on any atom is 0.165 e. The van der Waals surface area contributed by atoms with Crippen molar-refractivity contribution >= 4 is 56.1 Å². The van der Waals surface area contributed by atoms with E-state index in [9.17, 15) is 0 Å². The van der Waals surface area contributed by atoms with Gasteiger partial charge in [-0.1, -0.05) is 127 Å². The van der Waals surface area contributed by atoms with Crippen molar-refractivity contribution < 1.29 is 0 Å².